The molecule has 1 N–H and O–H groups in total. The van der Waals surface area contributed by atoms with E-state index >= 15 is 0 Å². The maximum atomic E-state index is 6.17. The van der Waals surface area contributed by atoms with E-state index in [0.717, 1.165) is 16.8 Å². The highest BCUT2D eigenvalue weighted by Crippen LogP contribution is 2.37. The molecule has 19 heavy (non-hydrogen) atoms. The molecular formula is C15H23ClN2S. The zero-order valence-corrected chi connectivity index (χ0v) is 13.2. The van der Waals surface area contributed by atoms with Gasteiger partial charge in [-0.25, -0.2) is 0 Å². The predicted octanol–water partition coefficient (Wildman–Crippen LogP) is 3.71. The van der Waals surface area contributed by atoms with Gasteiger partial charge >= 0.3 is 0 Å². The third-order valence-corrected chi connectivity index (χ3v) is 5.89. The molecule has 2 unspecified atom stereocenters. The smallest absolute Gasteiger partial charge is 0.0934 e. The SMILES string of the molecule is CCN1CCC(CNC2CCCc3sc(Cl)cc32)C1. The Labute approximate surface area is 125 Å². The van der Waals surface area contributed by atoms with Gasteiger partial charge < -0.3 is 10.2 Å². The van der Waals surface area contributed by atoms with E-state index in [-0.39, 0.29) is 0 Å². The topological polar surface area (TPSA) is 15.3 Å². The second-order valence-corrected chi connectivity index (χ2v) is 7.60. The lowest BCUT2D eigenvalue weighted by molar-refractivity contribution is 0.332. The second-order valence-electron chi connectivity index (χ2n) is 5.83. The van der Waals surface area contributed by atoms with Crippen LogP contribution in [0.25, 0.3) is 0 Å². The van der Waals surface area contributed by atoms with Crippen LogP contribution in [0, 0.1) is 5.92 Å². The van der Waals surface area contributed by atoms with E-state index in [4.69, 9.17) is 11.6 Å². The van der Waals surface area contributed by atoms with Crippen LogP contribution in [0.1, 0.15) is 42.7 Å². The molecule has 1 saturated heterocycles. The maximum absolute atomic E-state index is 6.17. The first-order chi connectivity index (χ1) is 9.26. The molecule has 0 amide bonds. The van der Waals surface area contributed by atoms with Gasteiger partial charge in [-0.3, -0.25) is 0 Å². The number of hydrogen-bond acceptors (Lipinski definition) is 3. The van der Waals surface area contributed by atoms with Gasteiger partial charge in [0.2, 0.25) is 0 Å². The van der Waals surface area contributed by atoms with Crippen LogP contribution in [0.5, 0.6) is 0 Å². The highest BCUT2D eigenvalue weighted by molar-refractivity contribution is 7.16. The summed E-state index contributed by atoms with van der Waals surface area (Å²) in [5, 5.41) is 3.80. The first kappa shape index (κ1) is 13.9. The Hall–Kier alpha value is -0.0900. The summed E-state index contributed by atoms with van der Waals surface area (Å²) in [5.41, 5.74) is 1.48. The number of thiophene rings is 1. The number of aryl methyl sites for hydroxylation is 1. The number of halogens is 1. The van der Waals surface area contributed by atoms with Gasteiger partial charge in [-0.05, 0) is 62.9 Å². The fraction of sp³-hybridized carbons (Fsp3) is 0.733. The van der Waals surface area contributed by atoms with Crippen LogP contribution in [0.15, 0.2) is 6.07 Å². The summed E-state index contributed by atoms with van der Waals surface area (Å²) in [4.78, 5) is 4.07. The fourth-order valence-electron chi connectivity index (χ4n) is 3.41. The Bertz CT molecular complexity index is 432. The van der Waals surface area contributed by atoms with Gasteiger partial charge in [0.25, 0.3) is 0 Å². The van der Waals surface area contributed by atoms with Gasteiger partial charge in [0.15, 0.2) is 0 Å². The van der Waals surface area contributed by atoms with Crippen molar-refractivity contribution in [1.82, 2.24) is 10.2 Å². The number of fused-ring (bicyclic) bond motifs is 1. The molecule has 0 radical (unpaired) electrons. The fourth-order valence-corrected chi connectivity index (χ4v) is 4.79. The molecule has 2 heterocycles. The number of rotatable bonds is 4. The van der Waals surface area contributed by atoms with E-state index in [1.165, 1.54) is 55.8 Å². The minimum atomic E-state index is 0.545. The summed E-state index contributed by atoms with van der Waals surface area (Å²) < 4.78 is 0.955. The molecule has 3 rings (SSSR count). The molecule has 0 spiro atoms. The predicted molar refractivity (Wildman–Crippen MR) is 83.2 cm³/mol. The Balaban J connectivity index is 1.56. The van der Waals surface area contributed by atoms with Gasteiger partial charge in [0.05, 0.1) is 4.34 Å². The van der Waals surface area contributed by atoms with Crippen molar-refractivity contribution in [3.8, 4) is 0 Å². The minimum absolute atomic E-state index is 0.545. The first-order valence-electron chi connectivity index (χ1n) is 7.50. The molecule has 4 heteroatoms. The summed E-state index contributed by atoms with van der Waals surface area (Å²) in [6.45, 7) is 7.17. The largest absolute Gasteiger partial charge is 0.310 e. The molecule has 0 aromatic carbocycles. The lowest BCUT2D eigenvalue weighted by Gasteiger charge is -2.25. The molecule has 1 aliphatic heterocycles. The third-order valence-electron chi connectivity index (χ3n) is 4.55. The van der Waals surface area contributed by atoms with Crippen molar-refractivity contribution in [2.75, 3.05) is 26.2 Å². The first-order valence-corrected chi connectivity index (χ1v) is 8.69. The zero-order valence-electron chi connectivity index (χ0n) is 11.6. The van der Waals surface area contributed by atoms with E-state index in [1.54, 1.807) is 11.3 Å². The van der Waals surface area contributed by atoms with E-state index in [0.29, 0.717) is 6.04 Å². The Morgan fingerprint density at radius 1 is 1.47 bits per heavy atom. The van der Waals surface area contributed by atoms with Crippen LogP contribution < -0.4 is 5.32 Å². The molecule has 106 valence electrons. The van der Waals surface area contributed by atoms with Gasteiger partial charge in [-0.2, -0.15) is 0 Å². The zero-order chi connectivity index (χ0) is 13.2. The molecule has 1 fully saturated rings. The molecule has 2 aliphatic rings. The Morgan fingerprint density at radius 3 is 3.16 bits per heavy atom. The normalized spacial score (nSPS) is 27.7. The molecule has 0 bridgehead atoms. The van der Waals surface area contributed by atoms with Crippen molar-refractivity contribution < 1.29 is 0 Å². The van der Waals surface area contributed by atoms with Crippen molar-refractivity contribution in [1.29, 1.82) is 0 Å². The summed E-state index contributed by atoms with van der Waals surface area (Å²) in [6, 6.07) is 2.73. The number of likely N-dealkylation sites (tertiary alicyclic amines) is 1. The van der Waals surface area contributed by atoms with Crippen LogP contribution in [-0.2, 0) is 6.42 Å². The average Bonchev–Trinajstić information content (AvgIpc) is 3.01. The highest BCUT2D eigenvalue weighted by Gasteiger charge is 2.25. The van der Waals surface area contributed by atoms with Crippen molar-refractivity contribution >= 4 is 22.9 Å². The van der Waals surface area contributed by atoms with Crippen molar-refractivity contribution in [2.45, 2.75) is 38.6 Å². The summed E-state index contributed by atoms with van der Waals surface area (Å²) in [5.74, 6) is 0.833. The molecule has 2 nitrogen and oxygen atoms in total. The highest BCUT2D eigenvalue weighted by atomic mass is 35.5. The van der Waals surface area contributed by atoms with Crippen molar-refractivity contribution in [3.63, 3.8) is 0 Å². The van der Waals surface area contributed by atoms with Gasteiger partial charge in [-0.1, -0.05) is 18.5 Å². The van der Waals surface area contributed by atoms with E-state index < -0.39 is 0 Å². The number of nitrogens with zero attached hydrogens (tertiary/aromatic N) is 1. The van der Waals surface area contributed by atoms with Crippen LogP contribution >= 0.6 is 22.9 Å². The Morgan fingerprint density at radius 2 is 2.37 bits per heavy atom. The molecule has 1 aromatic rings. The van der Waals surface area contributed by atoms with Gasteiger partial charge in [0, 0.05) is 17.5 Å². The van der Waals surface area contributed by atoms with Gasteiger partial charge in [-0.15, -0.1) is 11.3 Å². The lowest BCUT2D eigenvalue weighted by atomic mass is 9.93. The van der Waals surface area contributed by atoms with Gasteiger partial charge in [0.1, 0.15) is 0 Å². The average molecular weight is 299 g/mol. The second kappa shape index (κ2) is 6.13. The van der Waals surface area contributed by atoms with E-state index in [1.807, 2.05) is 0 Å². The summed E-state index contributed by atoms with van der Waals surface area (Å²) in [7, 11) is 0. The quantitative estimate of drug-likeness (QED) is 0.911. The number of hydrogen-bond donors (Lipinski definition) is 1. The van der Waals surface area contributed by atoms with Crippen LogP contribution in [0.2, 0.25) is 4.34 Å². The molecule has 1 aliphatic carbocycles. The van der Waals surface area contributed by atoms with Crippen molar-refractivity contribution in [3.05, 3.63) is 20.8 Å². The molecule has 0 saturated carbocycles. The molecule has 1 aromatic heterocycles. The third kappa shape index (κ3) is 3.15. The van der Waals surface area contributed by atoms with E-state index in [9.17, 15) is 0 Å². The lowest BCUT2D eigenvalue weighted by Crippen LogP contribution is -2.30. The van der Waals surface area contributed by atoms with Crippen LogP contribution in [0.3, 0.4) is 0 Å². The summed E-state index contributed by atoms with van der Waals surface area (Å²) in [6.07, 6.45) is 5.14. The minimum Gasteiger partial charge on any atom is -0.310 e. The Kier molecular flexibility index (Phi) is 4.47. The summed E-state index contributed by atoms with van der Waals surface area (Å²) >= 11 is 7.94. The maximum Gasteiger partial charge on any atom is 0.0934 e. The van der Waals surface area contributed by atoms with Crippen molar-refractivity contribution in [2.24, 2.45) is 5.92 Å². The number of nitrogens with one attached hydrogen (secondary N) is 1. The molecular weight excluding hydrogens is 276 g/mol. The van der Waals surface area contributed by atoms with Crippen LogP contribution in [0.4, 0.5) is 0 Å². The standard InChI is InChI=1S/C15H23ClN2S/c1-2-18-7-6-11(10-18)9-17-13-4-3-5-14-12(13)8-15(16)19-14/h8,11,13,17H,2-7,9-10H2,1H3. The molecule has 2 atom stereocenters. The monoisotopic (exact) mass is 298 g/mol. The van der Waals surface area contributed by atoms with Crippen LogP contribution in [-0.4, -0.2) is 31.1 Å². The van der Waals surface area contributed by atoms with E-state index in [2.05, 4.69) is 23.2 Å².